The van der Waals surface area contributed by atoms with Crippen LogP contribution in [0.15, 0.2) is 24.4 Å². The molecule has 220 valence electrons. The number of carbonyl (C=O) groups excluding carboxylic acids is 1. The third-order valence-corrected chi connectivity index (χ3v) is 11.0. The molecule has 1 aromatic heterocycles. The fourth-order valence-electron chi connectivity index (χ4n) is 7.53. The number of amides is 1. The second-order valence-electron chi connectivity index (χ2n) is 11.3. The van der Waals surface area contributed by atoms with E-state index in [1.807, 2.05) is 19.9 Å². The van der Waals surface area contributed by atoms with Crippen molar-refractivity contribution in [2.75, 3.05) is 5.32 Å². The van der Waals surface area contributed by atoms with Crippen LogP contribution in [-0.4, -0.2) is 17.0 Å². The van der Waals surface area contributed by atoms with Crippen LogP contribution < -0.4 is 119 Å². The van der Waals surface area contributed by atoms with E-state index in [-0.39, 0.29) is 130 Å². The van der Waals surface area contributed by atoms with E-state index in [1.54, 1.807) is 18.3 Å². The van der Waals surface area contributed by atoms with Gasteiger partial charge in [0.15, 0.2) is 5.13 Å². The standard InChI is InChI=1S/C25H35N3O9P2S.3Na/c1-14-13-27-24(40-14)28-22(29)8-4-16-12-21(36-38(30,31)32)25(2)10-9-19-18-7-5-17(35-39(33,34)37-26)11-15(18)3-6-20(19)23(16)25;;;/h5,7,11,13,16,19-21,23H,3-4,6,8-10,12,26H2,1-2H3,(H,33,34)(H,27,28,29)(H2,30,31,32);;;/q;3*+1/p-3. The first-order valence-electron chi connectivity index (χ1n) is 13.2. The molecule has 1 aromatic carbocycles. The molecule has 0 spiro atoms. The van der Waals surface area contributed by atoms with E-state index in [0.717, 1.165) is 28.8 Å². The van der Waals surface area contributed by atoms with Crippen molar-refractivity contribution >= 4 is 38.0 Å². The third kappa shape index (κ3) is 9.49. The molecular formula is C25H32N3Na3O9P2S. The van der Waals surface area contributed by atoms with Crippen LogP contribution in [0, 0.1) is 30.1 Å². The van der Waals surface area contributed by atoms with Gasteiger partial charge in [0.2, 0.25) is 5.91 Å². The number of nitrogens with zero attached hydrogens (tertiary/aromatic N) is 1. The Bertz CT molecular complexity index is 1380. The molecule has 0 radical (unpaired) electrons. The molecule has 2 fully saturated rings. The molecule has 18 heteroatoms. The number of thiazole rings is 1. The van der Waals surface area contributed by atoms with Gasteiger partial charge in [-0.05, 0) is 97.8 Å². The van der Waals surface area contributed by atoms with Crippen LogP contribution in [0.4, 0.5) is 5.13 Å². The van der Waals surface area contributed by atoms with Crippen LogP contribution in [0.25, 0.3) is 0 Å². The second-order valence-corrected chi connectivity index (χ2v) is 14.9. The number of fused-ring (bicyclic) bond motifs is 5. The van der Waals surface area contributed by atoms with Crippen molar-refractivity contribution in [3.05, 3.63) is 40.4 Å². The first-order chi connectivity index (χ1) is 18.8. The van der Waals surface area contributed by atoms with Crippen LogP contribution in [-0.2, 0) is 29.5 Å². The minimum atomic E-state index is -5.21. The Kier molecular flexibility index (Phi) is 15.2. The van der Waals surface area contributed by atoms with Gasteiger partial charge in [-0.3, -0.25) is 9.36 Å². The van der Waals surface area contributed by atoms with Gasteiger partial charge >= 0.3 is 96.5 Å². The van der Waals surface area contributed by atoms with E-state index < -0.39 is 27.2 Å². The largest absolute Gasteiger partial charge is 1.00 e. The van der Waals surface area contributed by atoms with Gasteiger partial charge in [0, 0.05) is 17.5 Å². The molecule has 5 rings (SSSR count). The molecule has 3 aliphatic rings. The number of aromatic nitrogens is 1. The maximum absolute atomic E-state index is 12.7. The number of hydrogen-bond acceptors (Lipinski definition) is 12. The van der Waals surface area contributed by atoms with Crippen LogP contribution >= 0.6 is 27.0 Å². The molecule has 3 N–H and O–H groups in total. The van der Waals surface area contributed by atoms with Gasteiger partial charge < -0.3 is 33.6 Å². The van der Waals surface area contributed by atoms with E-state index in [1.165, 1.54) is 11.3 Å². The van der Waals surface area contributed by atoms with Gasteiger partial charge in [0.1, 0.15) is 5.75 Å². The summed E-state index contributed by atoms with van der Waals surface area (Å²) in [6.45, 7) is 3.92. The van der Waals surface area contributed by atoms with Crippen molar-refractivity contribution in [2.45, 2.75) is 70.8 Å². The van der Waals surface area contributed by atoms with Gasteiger partial charge in [-0.25, -0.2) is 15.5 Å². The number of aryl methyl sites for hydroxylation is 2. The van der Waals surface area contributed by atoms with Crippen molar-refractivity contribution < 1.29 is 131 Å². The summed E-state index contributed by atoms with van der Waals surface area (Å²) in [6, 6.07) is 5.13. The molecule has 7 unspecified atom stereocenters. The Morgan fingerprint density at radius 3 is 2.56 bits per heavy atom. The number of nitrogens with one attached hydrogen (secondary N) is 1. The molecule has 0 bridgehead atoms. The first-order valence-corrected chi connectivity index (χ1v) is 17.0. The van der Waals surface area contributed by atoms with E-state index in [4.69, 9.17) is 14.9 Å². The molecule has 43 heavy (non-hydrogen) atoms. The molecule has 1 heterocycles. The Hall–Kier alpha value is 1.34. The van der Waals surface area contributed by atoms with Gasteiger partial charge in [-0.2, -0.15) is 0 Å². The Labute approximate surface area is 321 Å². The quantitative estimate of drug-likeness (QED) is 0.145. The number of rotatable bonds is 9. The number of hydrogen-bond donors (Lipinski definition) is 2. The van der Waals surface area contributed by atoms with Crippen molar-refractivity contribution in [3.63, 3.8) is 0 Å². The van der Waals surface area contributed by atoms with E-state index >= 15 is 0 Å². The van der Waals surface area contributed by atoms with Crippen molar-refractivity contribution in [3.8, 4) is 5.75 Å². The summed E-state index contributed by atoms with van der Waals surface area (Å²) in [5, 5.41) is 3.37. The molecule has 3 aliphatic carbocycles. The van der Waals surface area contributed by atoms with Gasteiger partial charge in [-0.1, -0.05) is 13.0 Å². The van der Waals surface area contributed by atoms with Crippen molar-refractivity contribution in [2.24, 2.45) is 29.1 Å². The molecule has 7 atom stereocenters. The minimum absolute atomic E-state index is 0. The Morgan fingerprint density at radius 1 is 1.21 bits per heavy atom. The number of benzene rings is 1. The summed E-state index contributed by atoms with van der Waals surface area (Å²) in [5.74, 6) is 5.10. The SMILES string of the molecule is Cc1cnc(NC(=O)CCC2CC(OP(=O)([O-])[O-])C3(C)CCC4c5ccc(OP(=O)([O-])ON)cc5CCC4C23)s1.[Na+].[Na+].[Na+]. The molecule has 12 nitrogen and oxygen atoms in total. The topological polar surface area (TPSA) is 199 Å². The summed E-state index contributed by atoms with van der Waals surface area (Å²) < 4.78 is 37.4. The number of carbonyl (C=O) groups is 1. The predicted molar refractivity (Wildman–Crippen MR) is 141 cm³/mol. The maximum atomic E-state index is 12.7. The fraction of sp³-hybridized carbons (Fsp3) is 0.600. The van der Waals surface area contributed by atoms with Crippen LogP contribution in [0.2, 0.25) is 0 Å². The number of phosphoric acid groups is 2. The maximum Gasteiger partial charge on any atom is 1.00 e. The molecule has 0 saturated heterocycles. The molecule has 0 aliphatic heterocycles. The summed E-state index contributed by atoms with van der Waals surface area (Å²) in [5.41, 5.74) is 1.54. The molecular weight excluding hydrogens is 649 g/mol. The summed E-state index contributed by atoms with van der Waals surface area (Å²) in [6.07, 6.45) is 4.96. The second kappa shape index (κ2) is 16.2. The monoisotopic (exact) mass is 681 g/mol. The first kappa shape index (κ1) is 40.5. The summed E-state index contributed by atoms with van der Waals surface area (Å²) in [7, 11) is -9.86. The van der Waals surface area contributed by atoms with E-state index in [0.29, 0.717) is 30.8 Å². The predicted octanol–water partition coefficient (Wildman–Crippen LogP) is -6.08. The Morgan fingerprint density at radius 2 is 1.93 bits per heavy atom. The normalized spacial score (nSPS) is 28.8. The van der Waals surface area contributed by atoms with Crippen LogP contribution in [0.5, 0.6) is 5.75 Å². The average Bonchev–Trinajstić information content (AvgIpc) is 3.40. The zero-order valence-electron chi connectivity index (χ0n) is 25.1. The smallest absolute Gasteiger partial charge is 0.790 e. The third-order valence-electron chi connectivity index (χ3n) is 8.97. The Balaban J connectivity index is 0.00000215. The molecule has 1 amide bonds. The van der Waals surface area contributed by atoms with Crippen LogP contribution in [0.1, 0.15) is 67.4 Å². The summed E-state index contributed by atoms with van der Waals surface area (Å²) in [4.78, 5) is 52.9. The zero-order chi connectivity index (χ0) is 28.9. The molecule has 2 aromatic rings. The molecule has 2 saturated carbocycles. The number of phosphoric ester groups is 2. The van der Waals surface area contributed by atoms with Gasteiger partial charge in [-0.15, -0.1) is 11.3 Å². The van der Waals surface area contributed by atoms with E-state index in [9.17, 15) is 28.6 Å². The minimum Gasteiger partial charge on any atom is -0.790 e. The fourth-order valence-corrected chi connectivity index (χ4v) is 9.26. The summed E-state index contributed by atoms with van der Waals surface area (Å²) >= 11 is 1.39. The van der Waals surface area contributed by atoms with Crippen molar-refractivity contribution in [1.29, 1.82) is 0 Å². The zero-order valence-corrected chi connectivity index (χ0v) is 33.8. The van der Waals surface area contributed by atoms with Gasteiger partial charge in [0.25, 0.3) is 0 Å². The van der Waals surface area contributed by atoms with Gasteiger partial charge in [0.05, 0.1) is 13.9 Å². The van der Waals surface area contributed by atoms with Crippen molar-refractivity contribution in [1.82, 2.24) is 4.98 Å². The van der Waals surface area contributed by atoms with Crippen LogP contribution in [0.3, 0.4) is 0 Å². The number of nitrogens with two attached hydrogens (primary N) is 1. The average molecular weight is 682 g/mol. The number of anilines is 1. The van der Waals surface area contributed by atoms with E-state index in [2.05, 4.69) is 14.9 Å².